The number of nitrogens with two attached hydrogens (primary N) is 1. The number of rotatable bonds is 10. The summed E-state index contributed by atoms with van der Waals surface area (Å²) in [7, 11) is 2.21. The van der Waals surface area contributed by atoms with Crippen LogP contribution in [0, 0.1) is 18.8 Å². The smallest absolute Gasteiger partial charge is 0.282 e. The molecule has 2 saturated carbocycles. The van der Waals surface area contributed by atoms with Gasteiger partial charge in [0.05, 0.1) is 48.8 Å². The highest BCUT2D eigenvalue weighted by Crippen LogP contribution is 2.52. The second-order valence-electron chi connectivity index (χ2n) is 21.1. The van der Waals surface area contributed by atoms with Crippen molar-refractivity contribution in [2.45, 2.75) is 153 Å². The van der Waals surface area contributed by atoms with Crippen molar-refractivity contribution in [3.63, 3.8) is 0 Å². The first-order chi connectivity index (χ1) is 36.1. The molecule has 6 aliphatic rings. The minimum atomic E-state index is -0.560. The quantitative estimate of drug-likeness (QED) is 0.0794. The fourth-order valence-electron chi connectivity index (χ4n) is 12.6. The van der Waals surface area contributed by atoms with Gasteiger partial charge < -0.3 is 25.7 Å². The van der Waals surface area contributed by atoms with Gasteiger partial charge in [-0.1, -0.05) is 106 Å². The SMILES string of the molecule is CC.CN1CCC(c2ccc3c(c2)-n2c(nc(=O)c4c(Cl)cccc42)C32CCCCC2)CC1.Cc1ncsc1-c1ccc(CNC(=O)C2CCCN2C(=O)C(N=C/C(=N\N)C2CCCCC2)C2CCOCC2)cc1. The summed E-state index contributed by atoms with van der Waals surface area (Å²) in [6, 6.07) is 20.0. The van der Waals surface area contributed by atoms with E-state index in [-0.39, 0.29) is 28.7 Å². The Morgan fingerprint density at radius 3 is 2.35 bits per heavy atom. The molecule has 2 aromatic heterocycles. The number of hydrogen-bond acceptors (Lipinski definition) is 11. The van der Waals surface area contributed by atoms with Crippen molar-refractivity contribution in [2.24, 2.45) is 27.8 Å². The molecular weight excluding hydrogens is 966 g/mol. The van der Waals surface area contributed by atoms with Crippen LogP contribution in [0.1, 0.15) is 151 Å². The topological polar surface area (TPSA) is 160 Å². The third-order valence-electron chi connectivity index (χ3n) is 16.7. The zero-order chi connectivity index (χ0) is 51.8. The highest BCUT2D eigenvalue weighted by Gasteiger charge is 2.47. The Morgan fingerprint density at radius 2 is 1.65 bits per heavy atom. The molecule has 11 rings (SSSR count). The molecule has 2 amide bonds. The first-order valence-electron chi connectivity index (χ1n) is 27.6. The maximum absolute atomic E-state index is 14.0. The summed E-state index contributed by atoms with van der Waals surface area (Å²) >= 11 is 8.10. The number of hydrazone groups is 1. The first-order valence-corrected chi connectivity index (χ1v) is 28.9. The predicted molar refractivity (Wildman–Crippen MR) is 300 cm³/mol. The summed E-state index contributed by atoms with van der Waals surface area (Å²) in [6.07, 6.45) is 18.6. The first kappa shape index (κ1) is 53.5. The van der Waals surface area contributed by atoms with Gasteiger partial charge in [0.15, 0.2) is 0 Å². The lowest BCUT2D eigenvalue weighted by atomic mass is 9.69. The Balaban J connectivity index is 0.000000182. The van der Waals surface area contributed by atoms with Crippen LogP contribution in [0.3, 0.4) is 0 Å². The van der Waals surface area contributed by atoms with E-state index in [1.165, 1.54) is 68.2 Å². The van der Waals surface area contributed by atoms with Gasteiger partial charge in [-0.3, -0.25) is 23.9 Å². The predicted octanol–water partition coefficient (Wildman–Crippen LogP) is 10.9. The number of aromatic nitrogens is 3. The average molecular weight is 1040 g/mol. The van der Waals surface area contributed by atoms with Crippen LogP contribution in [0.4, 0.5) is 0 Å². The maximum Gasteiger partial charge on any atom is 0.282 e. The summed E-state index contributed by atoms with van der Waals surface area (Å²) in [5.74, 6) is 7.49. The van der Waals surface area contributed by atoms with E-state index in [9.17, 15) is 14.4 Å². The summed E-state index contributed by atoms with van der Waals surface area (Å²) in [5, 5.41) is 8.16. The number of amides is 2. The molecule has 13 nitrogen and oxygen atoms in total. The number of ether oxygens (including phenoxy) is 1. The fraction of sp³-hybridized carbons (Fsp3) is 0.542. The van der Waals surface area contributed by atoms with E-state index >= 15 is 0 Å². The van der Waals surface area contributed by atoms with E-state index in [4.69, 9.17) is 32.2 Å². The second-order valence-corrected chi connectivity index (χ2v) is 22.4. The number of hydrogen-bond donors (Lipinski definition) is 2. The summed E-state index contributed by atoms with van der Waals surface area (Å²) in [5.41, 5.74) is 10.3. The average Bonchev–Trinajstić information content (AvgIpc) is 4.20. The monoisotopic (exact) mass is 1040 g/mol. The van der Waals surface area contributed by atoms with E-state index in [1.54, 1.807) is 28.5 Å². The molecule has 5 aromatic rings. The van der Waals surface area contributed by atoms with Gasteiger partial charge in [-0.25, -0.2) is 4.98 Å². The van der Waals surface area contributed by atoms with Crippen molar-refractivity contribution in [1.82, 2.24) is 29.7 Å². The lowest BCUT2D eigenvalue weighted by Crippen LogP contribution is -2.50. The van der Waals surface area contributed by atoms with E-state index in [1.807, 2.05) is 50.5 Å². The summed E-state index contributed by atoms with van der Waals surface area (Å²) in [6.45, 7) is 10.5. The molecule has 1 spiro atoms. The van der Waals surface area contributed by atoms with Gasteiger partial charge in [0.25, 0.3) is 5.56 Å². The molecule has 74 heavy (non-hydrogen) atoms. The molecule has 3 saturated heterocycles. The van der Waals surface area contributed by atoms with Crippen molar-refractivity contribution >= 4 is 57.6 Å². The standard InChI is InChI=1S/C31H42N6O3S.C26H28ClN3O.C2H6/c1-21-29(41-20-35-21)25-11-9-22(10-12-25)18-34-30(38)27-8-5-15-37(27)31(39)28(24-13-16-40-17-14-24)33-19-26(36-32)23-6-3-2-4-7-23;1-29-14-10-17(11-15-29)18-8-9-19-22(16-18)30-21-7-5-6-20(27)23(21)24(31)28-25(30)26(19)12-3-2-4-13-26;1-2/h9-12,19-20,23-24,27-28H,2-8,13-18,32H2,1H3,(H,34,38);5-9,16-17H,2-4,10-15H2,1H3;1-2H3/b33-19?,36-26+;;. The number of halogens is 1. The number of fused-ring (bicyclic) bond motifs is 7. The number of carbonyl (C=O) groups is 2. The number of aliphatic imine (C=N–C) groups is 1. The maximum atomic E-state index is 14.0. The zero-order valence-electron chi connectivity index (χ0n) is 44.0. The largest absolute Gasteiger partial charge is 0.381 e. The highest BCUT2D eigenvalue weighted by atomic mass is 35.5. The number of carbonyl (C=O) groups excluding carboxylic acids is 2. The highest BCUT2D eigenvalue weighted by molar-refractivity contribution is 7.13. The molecule has 2 unspecified atom stereocenters. The van der Waals surface area contributed by atoms with Crippen LogP contribution in [0.25, 0.3) is 27.0 Å². The molecule has 0 radical (unpaired) electrons. The molecule has 5 fully saturated rings. The van der Waals surface area contributed by atoms with Gasteiger partial charge in [-0.2, -0.15) is 10.1 Å². The fourth-order valence-corrected chi connectivity index (χ4v) is 13.7. The Hall–Kier alpha value is -5.28. The van der Waals surface area contributed by atoms with Crippen molar-refractivity contribution in [3.05, 3.63) is 110 Å². The molecule has 15 heteroatoms. The molecular formula is C59H76ClN9O4S. The minimum Gasteiger partial charge on any atom is -0.381 e. The number of thiazole rings is 1. The normalized spacial score (nSPS) is 20.9. The molecule has 0 bridgehead atoms. The van der Waals surface area contributed by atoms with Gasteiger partial charge in [0.1, 0.15) is 17.9 Å². The van der Waals surface area contributed by atoms with Crippen molar-refractivity contribution in [3.8, 4) is 16.1 Å². The van der Waals surface area contributed by atoms with Crippen LogP contribution in [0.2, 0.25) is 5.02 Å². The van der Waals surface area contributed by atoms with E-state index in [0.717, 1.165) is 96.8 Å². The number of likely N-dealkylation sites (tertiary alicyclic amines) is 2. The van der Waals surface area contributed by atoms with Crippen molar-refractivity contribution in [2.75, 3.05) is 39.9 Å². The van der Waals surface area contributed by atoms with Crippen LogP contribution >= 0.6 is 22.9 Å². The Labute approximate surface area is 446 Å². The van der Waals surface area contributed by atoms with Crippen LogP contribution in [0.15, 0.2) is 81.1 Å². The number of benzene rings is 3. The van der Waals surface area contributed by atoms with Gasteiger partial charge in [0.2, 0.25) is 11.8 Å². The second kappa shape index (κ2) is 24.6. The van der Waals surface area contributed by atoms with Gasteiger partial charge >= 0.3 is 0 Å². The number of piperidine rings is 1. The molecule has 3 aromatic carbocycles. The van der Waals surface area contributed by atoms with Crippen LogP contribution in [-0.2, 0) is 26.3 Å². The molecule has 3 N–H and O–H groups in total. The lowest BCUT2D eigenvalue weighted by molar-refractivity contribution is -0.140. The Kier molecular flexibility index (Phi) is 17.8. The van der Waals surface area contributed by atoms with Crippen LogP contribution in [-0.4, -0.2) is 100 Å². The number of nitrogens with one attached hydrogen (secondary N) is 1. The minimum absolute atomic E-state index is 0.0721. The lowest BCUT2D eigenvalue weighted by Gasteiger charge is -2.34. The molecule has 4 aliphatic heterocycles. The molecule has 6 heterocycles. The van der Waals surface area contributed by atoms with Gasteiger partial charge in [-0.05, 0) is 144 Å². The van der Waals surface area contributed by atoms with Gasteiger partial charge in [-0.15, -0.1) is 11.3 Å². The molecule has 2 atom stereocenters. The molecule has 2 aliphatic carbocycles. The number of nitrogens with zero attached hydrogens (tertiary/aromatic N) is 7. The zero-order valence-corrected chi connectivity index (χ0v) is 45.6. The van der Waals surface area contributed by atoms with E-state index in [2.05, 4.69) is 62.2 Å². The van der Waals surface area contributed by atoms with Gasteiger partial charge in [0, 0.05) is 38.4 Å². The number of aryl methyl sites for hydroxylation is 1. The third-order valence-corrected chi connectivity index (χ3v) is 18.0. The van der Waals surface area contributed by atoms with E-state index < -0.39 is 12.1 Å². The Morgan fingerprint density at radius 1 is 0.919 bits per heavy atom. The van der Waals surface area contributed by atoms with Crippen LogP contribution < -0.4 is 16.7 Å². The Bertz CT molecular complexity index is 2850. The molecule has 394 valence electrons. The summed E-state index contributed by atoms with van der Waals surface area (Å²) in [4.78, 5) is 59.6. The van der Waals surface area contributed by atoms with E-state index in [0.29, 0.717) is 55.0 Å². The summed E-state index contributed by atoms with van der Waals surface area (Å²) < 4.78 is 7.84. The van der Waals surface area contributed by atoms with Crippen LogP contribution in [0.5, 0.6) is 0 Å². The third kappa shape index (κ3) is 11.3. The van der Waals surface area contributed by atoms with Crippen molar-refractivity contribution in [1.29, 1.82) is 0 Å². The van der Waals surface area contributed by atoms with Crippen molar-refractivity contribution < 1.29 is 14.3 Å².